The molecule has 7 nitrogen and oxygen atoms in total. The second-order valence-electron chi connectivity index (χ2n) is 7.20. The highest BCUT2D eigenvalue weighted by Crippen LogP contribution is 2.44. The lowest BCUT2D eigenvalue weighted by molar-refractivity contribution is -0.132. The number of ether oxygens (including phenoxy) is 3. The quantitative estimate of drug-likeness (QED) is 0.335. The maximum Gasteiger partial charge on any atom is 0.309 e. The maximum atomic E-state index is 14.1. The predicted molar refractivity (Wildman–Crippen MR) is 123 cm³/mol. The van der Waals surface area contributed by atoms with E-state index in [1.807, 2.05) is 0 Å². The average molecular weight is 447 g/mol. The summed E-state index contributed by atoms with van der Waals surface area (Å²) in [5.74, 6) is 0.261. The van der Waals surface area contributed by atoms with Crippen LogP contribution in [0.3, 0.4) is 0 Å². The van der Waals surface area contributed by atoms with Gasteiger partial charge in [0.1, 0.15) is 23.0 Å². The highest BCUT2D eigenvalue weighted by atomic mass is 19.1. The van der Waals surface area contributed by atoms with Gasteiger partial charge in [-0.2, -0.15) is 9.78 Å². The van der Waals surface area contributed by atoms with Crippen molar-refractivity contribution in [1.82, 2.24) is 9.78 Å². The third-order valence-electron chi connectivity index (χ3n) is 5.00. The molecule has 3 aromatic carbocycles. The van der Waals surface area contributed by atoms with E-state index >= 15 is 0 Å². The van der Waals surface area contributed by atoms with Crippen LogP contribution >= 0.6 is 0 Å². The van der Waals surface area contributed by atoms with Crippen LogP contribution in [0.25, 0.3) is 28.1 Å². The summed E-state index contributed by atoms with van der Waals surface area (Å²) in [6.07, 6.45) is 0. The van der Waals surface area contributed by atoms with E-state index in [0.717, 1.165) is 0 Å². The molecule has 0 amide bonds. The number of methoxy groups -OCH3 is 2. The maximum absolute atomic E-state index is 14.1. The Morgan fingerprint density at radius 1 is 1.00 bits per heavy atom. The normalized spacial score (nSPS) is 10.7. The van der Waals surface area contributed by atoms with E-state index in [1.54, 1.807) is 61.7 Å². The fraction of sp³-hybridized carbons (Fsp3) is 0.120. The number of nitrogen functional groups attached to an aromatic ring is 1. The first kappa shape index (κ1) is 21.9. The largest absolute Gasteiger partial charge is 0.497 e. The van der Waals surface area contributed by atoms with Crippen molar-refractivity contribution >= 4 is 11.7 Å². The van der Waals surface area contributed by atoms with Gasteiger partial charge >= 0.3 is 5.97 Å². The summed E-state index contributed by atoms with van der Waals surface area (Å²) in [4.78, 5) is 12.1. The number of hydrogen-bond donors (Lipinski definition) is 1. The first-order valence-electron chi connectivity index (χ1n) is 10.1. The Labute approximate surface area is 190 Å². The molecule has 1 aromatic heterocycles. The van der Waals surface area contributed by atoms with Gasteiger partial charge in [0.2, 0.25) is 5.88 Å². The molecule has 0 spiro atoms. The van der Waals surface area contributed by atoms with Gasteiger partial charge in [0.25, 0.3) is 0 Å². The van der Waals surface area contributed by atoms with Crippen LogP contribution in [-0.4, -0.2) is 30.0 Å². The first-order chi connectivity index (χ1) is 15.9. The molecule has 4 aromatic rings. The molecule has 0 aliphatic heterocycles. The molecule has 0 bridgehead atoms. The van der Waals surface area contributed by atoms with Crippen LogP contribution in [-0.2, 0) is 4.79 Å². The van der Waals surface area contributed by atoms with Crippen molar-refractivity contribution in [3.63, 3.8) is 0 Å². The number of benzene rings is 3. The Morgan fingerprint density at radius 2 is 1.76 bits per heavy atom. The van der Waals surface area contributed by atoms with Crippen LogP contribution in [0.2, 0.25) is 0 Å². The Hall–Kier alpha value is -4.33. The molecular formula is C25H22FN3O4. The molecule has 168 valence electrons. The summed E-state index contributed by atoms with van der Waals surface area (Å²) in [5, 5.41) is 4.73. The van der Waals surface area contributed by atoms with Crippen molar-refractivity contribution in [2.75, 3.05) is 20.0 Å². The Balaban J connectivity index is 2.07. The molecular weight excluding hydrogens is 425 g/mol. The molecule has 0 saturated heterocycles. The summed E-state index contributed by atoms with van der Waals surface area (Å²) in [7, 11) is 3.10. The third kappa shape index (κ3) is 4.36. The molecule has 0 aliphatic rings. The molecule has 4 rings (SSSR count). The lowest BCUT2D eigenvalue weighted by atomic mass is 10.00. The number of carbonyl (C=O) groups is 1. The smallest absolute Gasteiger partial charge is 0.309 e. The average Bonchev–Trinajstić information content (AvgIpc) is 3.17. The van der Waals surface area contributed by atoms with Gasteiger partial charge in [-0.05, 0) is 48.0 Å². The first-order valence-corrected chi connectivity index (χ1v) is 10.1. The summed E-state index contributed by atoms with van der Waals surface area (Å²) in [5.41, 5.74) is 9.19. The van der Waals surface area contributed by atoms with Gasteiger partial charge in [0, 0.05) is 24.2 Å². The summed E-state index contributed by atoms with van der Waals surface area (Å²) >= 11 is 0. The summed E-state index contributed by atoms with van der Waals surface area (Å²) in [6, 6.07) is 18.2. The molecule has 2 N–H and O–H groups in total. The lowest BCUT2D eigenvalue weighted by Crippen LogP contribution is -2.08. The molecule has 0 atom stereocenters. The van der Waals surface area contributed by atoms with Crippen molar-refractivity contribution < 1.29 is 23.4 Å². The van der Waals surface area contributed by atoms with E-state index in [0.29, 0.717) is 45.3 Å². The zero-order valence-corrected chi connectivity index (χ0v) is 18.3. The van der Waals surface area contributed by atoms with Crippen LogP contribution in [0.15, 0.2) is 66.7 Å². The van der Waals surface area contributed by atoms with E-state index in [-0.39, 0.29) is 5.88 Å². The van der Waals surface area contributed by atoms with E-state index in [9.17, 15) is 9.18 Å². The fourth-order valence-corrected chi connectivity index (χ4v) is 3.51. The molecule has 8 heteroatoms. The van der Waals surface area contributed by atoms with Gasteiger partial charge in [-0.3, -0.25) is 4.79 Å². The van der Waals surface area contributed by atoms with Gasteiger partial charge < -0.3 is 19.9 Å². The zero-order valence-electron chi connectivity index (χ0n) is 18.3. The van der Waals surface area contributed by atoms with Gasteiger partial charge in [-0.15, -0.1) is 0 Å². The van der Waals surface area contributed by atoms with E-state index in [2.05, 4.69) is 0 Å². The van der Waals surface area contributed by atoms with Crippen molar-refractivity contribution in [3.05, 3.63) is 72.5 Å². The van der Waals surface area contributed by atoms with Gasteiger partial charge in [0.05, 0.1) is 25.5 Å². The Morgan fingerprint density at radius 3 is 2.39 bits per heavy atom. The predicted octanol–water partition coefficient (Wildman–Crippen LogP) is 4.87. The van der Waals surface area contributed by atoms with Gasteiger partial charge in [0.15, 0.2) is 0 Å². The van der Waals surface area contributed by atoms with Crippen LogP contribution in [0, 0.1) is 5.82 Å². The van der Waals surface area contributed by atoms with E-state index in [4.69, 9.17) is 25.0 Å². The van der Waals surface area contributed by atoms with Crippen LogP contribution < -0.4 is 19.9 Å². The van der Waals surface area contributed by atoms with Gasteiger partial charge in [-0.1, -0.05) is 18.2 Å². The fourth-order valence-electron chi connectivity index (χ4n) is 3.51. The van der Waals surface area contributed by atoms with Crippen molar-refractivity contribution in [3.8, 4) is 45.5 Å². The number of rotatable bonds is 6. The highest BCUT2D eigenvalue weighted by molar-refractivity contribution is 5.89. The minimum Gasteiger partial charge on any atom is -0.497 e. The second kappa shape index (κ2) is 9.04. The number of aromatic nitrogens is 2. The third-order valence-corrected chi connectivity index (χ3v) is 5.00. The second-order valence-corrected chi connectivity index (χ2v) is 7.20. The van der Waals surface area contributed by atoms with Crippen LogP contribution in [0.5, 0.6) is 17.4 Å². The summed E-state index contributed by atoms with van der Waals surface area (Å²) < 4.78 is 32.0. The number of halogens is 1. The van der Waals surface area contributed by atoms with Crippen molar-refractivity contribution in [1.29, 1.82) is 0 Å². The zero-order chi connectivity index (χ0) is 23.5. The standard InChI is InChI=1S/C25H22FN3O4/c1-15(30)33-25-23(16-7-9-18(27)10-8-16)24(21-12-11-20(31-2)14-22(21)32-3)28-29(25)19-6-4-5-17(26)13-19/h4-14H,27H2,1-3H3. The summed E-state index contributed by atoms with van der Waals surface area (Å²) in [6.45, 7) is 1.29. The van der Waals surface area contributed by atoms with Gasteiger partial charge in [-0.25, -0.2) is 4.39 Å². The van der Waals surface area contributed by atoms with Crippen molar-refractivity contribution in [2.24, 2.45) is 0 Å². The number of nitrogens with two attached hydrogens (primary N) is 1. The van der Waals surface area contributed by atoms with Crippen LogP contribution in [0.1, 0.15) is 6.92 Å². The molecule has 0 unspecified atom stereocenters. The highest BCUT2D eigenvalue weighted by Gasteiger charge is 2.26. The topological polar surface area (TPSA) is 88.6 Å². The number of nitrogens with zero attached hydrogens (tertiary/aromatic N) is 2. The number of anilines is 1. The number of esters is 1. The minimum absolute atomic E-state index is 0.144. The Kier molecular flexibility index (Phi) is 5.99. The Bertz CT molecular complexity index is 1320. The molecule has 0 radical (unpaired) electrons. The minimum atomic E-state index is -0.544. The number of carbonyl (C=O) groups excluding carboxylic acids is 1. The monoisotopic (exact) mass is 447 g/mol. The molecule has 0 fully saturated rings. The van der Waals surface area contributed by atoms with Crippen LogP contribution in [0.4, 0.5) is 10.1 Å². The van der Waals surface area contributed by atoms with E-state index in [1.165, 1.54) is 30.8 Å². The lowest BCUT2D eigenvalue weighted by Gasteiger charge is -2.11. The molecule has 1 heterocycles. The number of hydrogen-bond acceptors (Lipinski definition) is 6. The SMILES string of the molecule is COc1ccc(-c2nn(-c3cccc(F)c3)c(OC(C)=O)c2-c2ccc(N)cc2)c(OC)c1. The molecule has 33 heavy (non-hydrogen) atoms. The van der Waals surface area contributed by atoms with Crippen molar-refractivity contribution in [2.45, 2.75) is 6.92 Å². The molecule has 0 aliphatic carbocycles. The van der Waals surface area contributed by atoms with E-state index < -0.39 is 11.8 Å². The molecule has 0 saturated carbocycles.